The van der Waals surface area contributed by atoms with Crippen molar-refractivity contribution >= 4 is 11.8 Å². The molecule has 2 heterocycles. The van der Waals surface area contributed by atoms with Crippen LogP contribution in [0.2, 0.25) is 0 Å². The van der Waals surface area contributed by atoms with E-state index < -0.39 is 0 Å². The summed E-state index contributed by atoms with van der Waals surface area (Å²) in [5.74, 6) is 0.813. The molecule has 0 aliphatic heterocycles. The first-order valence-electron chi connectivity index (χ1n) is 6.72. The first kappa shape index (κ1) is 14.3. The Morgan fingerprint density at radius 1 is 1.05 bits per heavy atom. The Kier molecular flexibility index (Phi) is 3.90. The molecule has 22 heavy (non-hydrogen) atoms. The quantitative estimate of drug-likeness (QED) is 0.742. The van der Waals surface area contributed by atoms with Crippen molar-refractivity contribution in [2.75, 3.05) is 0 Å². The third-order valence-electron chi connectivity index (χ3n) is 3.19. The standard InChI is InChI=1S/C16H13N5S/c1-11-6-3-4-8-14(11)21-12(2)19-20-16(21)22-15-9-5-7-13(10-17)18-15/h3-9H,1-2H3. The van der Waals surface area contributed by atoms with Crippen molar-refractivity contribution in [2.24, 2.45) is 0 Å². The molecule has 3 aromatic rings. The van der Waals surface area contributed by atoms with Gasteiger partial charge in [-0.2, -0.15) is 5.26 Å². The minimum Gasteiger partial charge on any atom is -0.274 e. The molecule has 0 radical (unpaired) electrons. The van der Waals surface area contributed by atoms with Crippen LogP contribution in [0.15, 0.2) is 52.6 Å². The Morgan fingerprint density at radius 2 is 1.86 bits per heavy atom. The molecule has 0 fully saturated rings. The number of pyridine rings is 1. The highest BCUT2D eigenvalue weighted by Crippen LogP contribution is 2.28. The van der Waals surface area contributed by atoms with Gasteiger partial charge in [-0.15, -0.1) is 10.2 Å². The van der Waals surface area contributed by atoms with Gasteiger partial charge in [0.05, 0.1) is 5.69 Å². The molecule has 0 spiro atoms. The Labute approximate surface area is 132 Å². The van der Waals surface area contributed by atoms with Gasteiger partial charge in [0.1, 0.15) is 22.6 Å². The topological polar surface area (TPSA) is 67.4 Å². The second-order valence-electron chi connectivity index (χ2n) is 4.73. The van der Waals surface area contributed by atoms with Gasteiger partial charge in [-0.05, 0) is 49.4 Å². The second-order valence-corrected chi connectivity index (χ2v) is 5.71. The molecule has 1 aromatic carbocycles. The fourth-order valence-corrected chi connectivity index (χ4v) is 3.01. The first-order valence-corrected chi connectivity index (χ1v) is 7.53. The number of aryl methyl sites for hydroxylation is 2. The monoisotopic (exact) mass is 307 g/mol. The fraction of sp³-hybridized carbons (Fsp3) is 0.125. The molecule has 0 aliphatic rings. The van der Waals surface area contributed by atoms with Gasteiger partial charge in [-0.25, -0.2) is 4.98 Å². The van der Waals surface area contributed by atoms with E-state index in [4.69, 9.17) is 5.26 Å². The van der Waals surface area contributed by atoms with Crippen LogP contribution in [0.5, 0.6) is 0 Å². The number of rotatable bonds is 3. The number of aromatic nitrogens is 4. The second kappa shape index (κ2) is 6.00. The number of nitriles is 1. The molecule has 5 nitrogen and oxygen atoms in total. The van der Waals surface area contributed by atoms with Crippen molar-refractivity contribution in [3.05, 3.63) is 59.5 Å². The summed E-state index contributed by atoms with van der Waals surface area (Å²) < 4.78 is 2.00. The number of para-hydroxylation sites is 1. The normalized spacial score (nSPS) is 10.4. The van der Waals surface area contributed by atoms with E-state index >= 15 is 0 Å². The third kappa shape index (κ3) is 2.71. The fourth-order valence-electron chi connectivity index (χ4n) is 2.13. The molecule has 108 valence electrons. The van der Waals surface area contributed by atoms with Crippen molar-refractivity contribution < 1.29 is 0 Å². The molecular formula is C16H13N5S. The maximum Gasteiger partial charge on any atom is 0.202 e. The van der Waals surface area contributed by atoms with Crippen LogP contribution in [-0.4, -0.2) is 19.7 Å². The number of nitrogens with zero attached hydrogens (tertiary/aromatic N) is 5. The molecular weight excluding hydrogens is 294 g/mol. The van der Waals surface area contributed by atoms with E-state index in [9.17, 15) is 0 Å². The molecule has 0 N–H and O–H groups in total. The highest BCUT2D eigenvalue weighted by molar-refractivity contribution is 7.99. The first-order chi connectivity index (χ1) is 10.7. The summed E-state index contributed by atoms with van der Waals surface area (Å²) in [7, 11) is 0. The molecule has 0 saturated carbocycles. The van der Waals surface area contributed by atoms with E-state index in [-0.39, 0.29) is 0 Å². The molecule has 0 amide bonds. The van der Waals surface area contributed by atoms with Crippen LogP contribution < -0.4 is 0 Å². The van der Waals surface area contributed by atoms with Gasteiger partial charge in [0.15, 0.2) is 0 Å². The van der Waals surface area contributed by atoms with Gasteiger partial charge in [0, 0.05) is 0 Å². The zero-order chi connectivity index (χ0) is 15.5. The zero-order valence-corrected chi connectivity index (χ0v) is 13.0. The summed E-state index contributed by atoms with van der Waals surface area (Å²) >= 11 is 1.40. The highest BCUT2D eigenvalue weighted by Gasteiger charge is 2.14. The van der Waals surface area contributed by atoms with Crippen LogP contribution in [0.3, 0.4) is 0 Å². The Hall–Kier alpha value is -2.65. The van der Waals surface area contributed by atoms with Gasteiger partial charge in [0.2, 0.25) is 5.16 Å². The lowest BCUT2D eigenvalue weighted by molar-refractivity contribution is 0.859. The van der Waals surface area contributed by atoms with Crippen molar-refractivity contribution in [3.8, 4) is 11.8 Å². The van der Waals surface area contributed by atoms with Crippen molar-refractivity contribution in [2.45, 2.75) is 24.0 Å². The average Bonchev–Trinajstić information content (AvgIpc) is 2.89. The van der Waals surface area contributed by atoms with E-state index in [1.165, 1.54) is 11.8 Å². The van der Waals surface area contributed by atoms with E-state index in [2.05, 4.69) is 28.2 Å². The largest absolute Gasteiger partial charge is 0.274 e. The summed E-state index contributed by atoms with van der Waals surface area (Å²) in [5, 5.41) is 18.8. The number of hydrogen-bond donors (Lipinski definition) is 0. The Bertz CT molecular complexity index is 863. The summed E-state index contributed by atoms with van der Waals surface area (Å²) in [6.45, 7) is 3.97. The molecule has 0 saturated heterocycles. The van der Waals surface area contributed by atoms with Crippen LogP contribution in [0.1, 0.15) is 17.1 Å². The average molecular weight is 307 g/mol. The van der Waals surface area contributed by atoms with Crippen LogP contribution >= 0.6 is 11.8 Å². The smallest absolute Gasteiger partial charge is 0.202 e. The molecule has 6 heteroatoms. The van der Waals surface area contributed by atoms with E-state index in [0.717, 1.165) is 27.3 Å². The lowest BCUT2D eigenvalue weighted by atomic mass is 10.2. The lowest BCUT2D eigenvalue weighted by Gasteiger charge is -2.10. The summed E-state index contributed by atoms with van der Waals surface area (Å²) in [5.41, 5.74) is 2.58. The molecule has 0 atom stereocenters. The molecule has 2 aromatic heterocycles. The molecule has 0 bridgehead atoms. The summed E-state index contributed by atoms with van der Waals surface area (Å²) in [6.07, 6.45) is 0. The van der Waals surface area contributed by atoms with Crippen molar-refractivity contribution in [3.63, 3.8) is 0 Å². The van der Waals surface area contributed by atoms with Crippen LogP contribution in [-0.2, 0) is 0 Å². The summed E-state index contributed by atoms with van der Waals surface area (Å²) in [6, 6.07) is 15.5. The van der Waals surface area contributed by atoms with Crippen LogP contribution in [0.25, 0.3) is 5.69 Å². The third-order valence-corrected chi connectivity index (χ3v) is 4.07. The van der Waals surface area contributed by atoms with Crippen LogP contribution in [0, 0.1) is 25.2 Å². The minimum absolute atomic E-state index is 0.392. The van der Waals surface area contributed by atoms with Crippen molar-refractivity contribution in [1.29, 1.82) is 5.26 Å². The van der Waals surface area contributed by atoms with E-state index in [1.807, 2.05) is 47.9 Å². The van der Waals surface area contributed by atoms with Gasteiger partial charge in [-0.1, -0.05) is 24.3 Å². The van der Waals surface area contributed by atoms with Gasteiger partial charge < -0.3 is 0 Å². The molecule has 3 rings (SSSR count). The molecule has 0 aliphatic carbocycles. The van der Waals surface area contributed by atoms with Gasteiger partial charge >= 0.3 is 0 Å². The summed E-state index contributed by atoms with van der Waals surface area (Å²) in [4.78, 5) is 4.27. The maximum atomic E-state index is 8.95. The predicted molar refractivity (Wildman–Crippen MR) is 83.9 cm³/mol. The Morgan fingerprint density at radius 3 is 2.64 bits per heavy atom. The van der Waals surface area contributed by atoms with E-state index in [0.29, 0.717) is 5.69 Å². The van der Waals surface area contributed by atoms with E-state index in [1.54, 1.807) is 6.07 Å². The zero-order valence-electron chi connectivity index (χ0n) is 12.2. The number of hydrogen-bond acceptors (Lipinski definition) is 5. The number of benzene rings is 1. The SMILES string of the molecule is Cc1ccccc1-n1c(C)nnc1Sc1cccc(C#N)n1. The van der Waals surface area contributed by atoms with Gasteiger partial charge in [-0.3, -0.25) is 4.57 Å². The van der Waals surface area contributed by atoms with Crippen molar-refractivity contribution in [1.82, 2.24) is 19.7 Å². The predicted octanol–water partition coefficient (Wildman–Crippen LogP) is 3.30. The lowest BCUT2D eigenvalue weighted by Crippen LogP contribution is -2.01. The van der Waals surface area contributed by atoms with Crippen LogP contribution in [0.4, 0.5) is 0 Å². The minimum atomic E-state index is 0.392. The molecule has 0 unspecified atom stereocenters. The highest BCUT2D eigenvalue weighted by atomic mass is 32.2. The maximum absolute atomic E-state index is 8.95. The Balaban J connectivity index is 2.03. The van der Waals surface area contributed by atoms with Gasteiger partial charge in [0.25, 0.3) is 0 Å².